The van der Waals surface area contributed by atoms with Crippen molar-refractivity contribution in [2.24, 2.45) is 0 Å². The quantitative estimate of drug-likeness (QED) is 0.925. The molecule has 2 aromatic carbocycles. The molecular formula is C15H12ClFO3. The maximum Gasteiger partial charge on any atom is 0.338 e. The Balaban J connectivity index is 2.13. The van der Waals surface area contributed by atoms with Gasteiger partial charge in [0, 0.05) is 0 Å². The molecule has 0 heterocycles. The number of benzene rings is 2. The highest BCUT2D eigenvalue weighted by Gasteiger charge is 2.11. The average Bonchev–Trinajstić information content (AvgIpc) is 2.39. The first kappa shape index (κ1) is 14.3. The van der Waals surface area contributed by atoms with Gasteiger partial charge in [0.15, 0.2) is 0 Å². The van der Waals surface area contributed by atoms with Gasteiger partial charge >= 0.3 is 5.97 Å². The van der Waals surface area contributed by atoms with Gasteiger partial charge in [-0.05, 0) is 42.3 Å². The van der Waals surface area contributed by atoms with Crippen LogP contribution in [0.5, 0.6) is 5.75 Å². The summed E-state index contributed by atoms with van der Waals surface area (Å²) in [5.74, 6) is -1.57. The molecule has 0 spiro atoms. The Bertz CT molecular complexity index is 656. The highest BCUT2D eigenvalue weighted by atomic mass is 35.5. The van der Waals surface area contributed by atoms with Crippen molar-refractivity contribution >= 4 is 17.6 Å². The Hall–Kier alpha value is -2.07. The summed E-state index contributed by atoms with van der Waals surface area (Å²) < 4.78 is 19.0. The normalized spacial score (nSPS) is 10.3. The van der Waals surface area contributed by atoms with Crippen LogP contribution in [-0.4, -0.2) is 11.1 Å². The molecule has 0 saturated carbocycles. The summed E-state index contributed by atoms with van der Waals surface area (Å²) in [6, 6.07) is 9.23. The van der Waals surface area contributed by atoms with Crippen LogP contribution in [0.3, 0.4) is 0 Å². The minimum Gasteiger partial charge on any atom is -0.487 e. The van der Waals surface area contributed by atoms with E-state index < -0.39 is 11.8 Å². The molecule has 2 aromatic rings. The summed E-state index contributed by atoms with van der Waals surface area (Å²) in [6.45, 7) is 2.02. The van der Waals surface area contributed by atoms with E-state index >= 15 is 0 Å². The predicted molar refractivity (Wildman–Crippen MR) is 73.9 cm³/mol. The van der Waals surface area contributed by atoms with Gasteiger partial charge in [-0.2, -0.15) is 0 Å². The van der Waals surface area contributed by atoms with Crippen LogP contribution < -0.4 is 4.74 Å². The Morgan fingerprint density at radius 2 is 2.05 bits per heavy atom. The largest absolute Gasteiger partial charge is 0.487 e. The highest BCUT2D eigenvalue weighted by molar-refractivity contribution is 6.32. The van der Waals surface area contributed by atoms with Crippen LogP contribution in [0.4, 0.5) is 4.39 Å². The van der Waals surface area contributed by atoms with Gasteiger partial charge in [0.1, 0.15) is 18.2 Å². The second-order valence-electron chi connectivity index (χ2n) is 4.34. The SMILES string of the molecule is Cc1ccc(Cl)c(OCc2ccc(C(=O)O)c(F)c2)c1. The lowest BCUT2D eigenvalue weighted by Gasteiger charge is -2.09. The topological polar surface area (TPSA) is 46.5 Å². The van der Waals surface area contributed by atoms with E-state index in [9.17, 15) is 9.18 Å². The summed E-state index contributed by atoms with van der Waals surface area (Å²) >= 11 is 5.98. The van der Waals surface area contributed by atoms with Gasteiger partial charge in [-0.3, -0.25) is 0 Å². The van der Waals surface area contributed by atoms with Crippen molar-refractivity contribution < 1.29 is 19.0 Å². The molecule has 0 atom stereocenters. The number of carboxylic acids is 1. The molecule has 0 radical (unpaired) electrons. The molecule has 3 nitrogen and oxygen atoms in total. The summed E-state index contributed by atoms with van der Waals surface area (Å²) in [6.07, 6.45) is 0. The highest BCUT2D eigenvalue weighted by Crippen LogP contribution is 2.26. The van der Waals surface area contributed by atoms with Gasteiger partial charge in [0.2, 0.25) is 0 Å². The van der Waals surface area contributed by atoms with E-state index in [-0.39, 0.29) is 12.2 Å². The Kier molecular flexibility index (Phi) is 4.25. The molecule has 5 heteroatoms. The number of rotatable bonds is 4. The lowest BCUT2D eigenvalue weighted by atomic mass is 10.1. The fourth-order valence-corrected chi connectivity index (χ4v) is 1.88. The van der Waals surface area contributed by atoms with E-state index in [1.807, 2.05) is 13.0 Å². The van der Waals surface area contributed by atoms with Crippen LogP contribution in [0, 0.1) is 12.7 Å². The molecule has 0 amide bonds. The minimum atomic E-state index is -1.29. The lowest BCUT2D eigenvalue weighted by Crippen LogP contribution is -2.03. The maximum atomic E-state index is 13.5. The van der Waals surface area contributed by atoms with Crippen LogP contribution in [0.25, 0.3) is 0 Å². The van der Waals surface area contributed by atoms with Crippen LogP contribution in [0.1, 0.15) is 21.5 Å². The summed E-state index contributed by atoms with van der Waals surface area (Å²) in [5, 5.41) is 9.21. The monoisotopic (exact) mass is 294 g/mol. The molecule has 0 aliphatic carbocycles. The number of carboxylic acid groups (broad SMARTS) is 1. The molecule has 0 saturated heterocycles. The van der Waals surface area contributed by atoms with Crippen LogP contribution >= 0.6 is 11.6 Å². The number of aromatic carboxylic acids is 1. The number of hydrogen-bond acceptors (Lipinski definition) is 2. The molecule has 0 unspecified atom stereocenters. The number of ether oxygens (including phenoxy) is 1. The molecule has 2 rings (SSSR count). The molecule has 0 aliphatic rings. The van der Waals surface area contributed by atoms with Crippen LogP contribution in [-0.2, 0) is 6.61 Å². The Morgan fingerprint density at radius 3 is 2.70 bits per heavy atom. The second-order valence-corrected chi connectivity index (χ2v) is 4.75. The van der Waals surface area contributed by atoms with Gasteiger partial charge in [-0.15, -0.1) is 0 Å². The predicted octanol–water partition coefficient (Wildman–Crippen LogP) is 4.06. The van der Waals surface area contributed by atoms with E-state index in [0.29, 0.717) is 16.3 Å². The summed E-state index contributed by atoms with van der Waals surface area (Å²) in [7, 11) is 0. The molecule has 0 fully saturated rings. The second kappa shape index (κ2) is 5.92. The molecule has 104 valence electrons. The molecule has 0 bridgehead atoms. The number of halogens is 2. The molecule has 20 heavy (non-hydrogen) atoms. The zero-order chi connectivity index (χ0) is 14.7. The van der Waals surface area contributed by atoms with Gasteiger partial charge in [-0.1, -0.05) is 23.7 Å². The first-order chi connectivity index (χ1) is 9.47. The van der Waals surface area contributed by atoms with Gasteiger partial charge in [0.05, 0.1) is 10.6 Å². The van der Waals surface area contributed by atoms with Crippen molar-refractivity contribution in [2.75, 3.05) is 0 Å². The van der Waals surface area contributed by atoms with Crippen LogP contribution in [0.15, 0.2) is 36.4 Å². The smallest absolute Gasteiger partial charge is 0.338 e. The maximum absolute atomic E-state index is 13.5. The van der Waals surface area contributed by atoms with E-state index in [1.54, 1.807) is 12.1 Å². The van der Waals surface area contributed by atoms with E-state index in [4.69, 9.17) is 21.4 Å². The average molecular weight is 295 g/mol. The minimum absolute atomic E-state index is 0.111. The van der Waals surface area contributed by atoms with E-state index in [2.05, 4.69) is 0 Å². The van der Waals surface area contributed by atoms with Crippen molar-refractivity contribution in [1.29, 1.82) is 0 Å². The van der Waals surface area contributed by atoms with Crippen molar-refractivity contribution in [3.63, 3.8) is 0 Å². The summed E-state index contributed by atoms with van der Waals surface area (Å²) in [5.41, 5.74) is 1.17. The van der Waals surface area contributed by atoms with Crippen molar-refractivity contribution in [1.82, 2.24) is 0 Å². The van der Waals surface area contributed by atoms with E-state index in [0.717, 1.165) is 11.6 Å². The number of carbonyl (C=O) groups is 1. The Morgan fingerprint density at radius 1 is 1.30 bits per heavy atom. The summed E-state index contributed by atoms with van der Waals surface area (Å²) in [4.78, 5) is 10.7. The fraction of sp³-hybridized carbons (Fsp3) is 0.133. The third-order valence-electron chi connectivity index (χ3n) is 2.74. The molecule has 0 aliphatic heterocycles. The van der Waals surface area contributed by atoms with E-state index in [1.165, 1.54) is 12.1 Å². The zero-order valence-electron chi connectivity index (χ0n) is 10.7. The number of hydrogen-bond donors (Lipinski definition) is 1. The van der Waals surface area contributed by atoms with Crippen LogP contribution in [0.2, 0.25) is 5.02 Å². The third-order valence-corrected chi connectivity index (χ3v) is 3.06. The van der Waals surface area contributed by atoms with Gasteiger partial charge < -0.3 is 9.84 Å². The zero-order valence-corrected chi connectivity index (χ0v) is 11.4. The fourth-order valence-electron chi connectivity index (χ4n) is 1.70. The molecular weight excluding hydrogens is 283 g/mol. The van der Waals surface area contributed by atoms with Gasteiger partial charge in [-0.25, -0.2) is 9.18 Å². The first-order valence-electron chi connectivity index (χ1n) is 5.88. The van der Waals surface area contributed by atoms with Crippen molar-refractivity contribution in [3.05, 3.63) is 63.9 Å². The van der Waals surface area contributed by atoms with Crippen molar-refractivity contribution in [2.45, 2.75) is 13.5 Å². The standard InChI is InChI=1S/C15H12ClFO3/c1-9-2-5-12(16)14(6-9)20-8-10-3-4-11(15(18)19)13(17)7-10/h2-7H,8H2,1H3,(H,18,19). The van der Waals surface area contributed by atoms with Gasteiger partial charge in [0.25, 0.3) is 0 Å². The first-order valence-corrected chi connectivity index (χ1v) is 6.26. The Labute approximate surface area is 120 Å². The molecule has 1 N–H and O–H groups in total. The lowest BCUT2D eigenvalue weighted by molar-refractivity contribution is 0.0692. The molecule has 0 aromatic heterocycles. The number of aryl methyl sites for hydroxylation is 1. The third kappa shape index (κ3) is 3.27. The van der Waals surface area contributed by atoms with Crippen molar-refractivity contribution in [3.8, 4) is 5.75 Å².